The molecule has 0 spiro atoms. The van der Waals surface area contributed by atoms with Crippen LogP contribution >= 0.6 is 15.9 Å². The summed E-state index contributed by atoms with van der Waals surface area (Å²) in [5, 5.41) is 1.07. The molecule has 0 radical (unpaired) electrons. The molecule has 0 aromatic carbocycles. The lowest BCUT2D eigenvalue weighted by Gasteiger charge is -2.38. The van der Waals surface area contributed by atoms with Crippen molar-refractivity contribution in [2.24, 2.45) is 0 Å². The van der Waals surface area contributed by atoms with Gasteiger partial charge in [0.15, 0.2) is 0 Å². The number of hydrogen-bond donors (Lipinski definition) is 0. The van der Waals surface area contributed by atoms with E-state index in [1.165, 1.54) is 31.2 Å². The Morgan fingerprint density at radius 3 is 2.88 bits per heavy atom. The molecule has 1 aliphatic carbocycles. The van der Waals surface area contributed by atoms with E-state index in [0.29, 0.717) is 0 Å². The Balaban J connectivity index is 2.10. The van der Waals surface area contributed by atoms with E-state index in [0.717, 1.165) is 23.7 Å². The van der Waals surface area contributed by atoms with Gasteiger partial charge < -0.3 is 4.90 Å². The fourth-order valence-corrected chi connectivity index (χ4v) is 2.34. The van der Waals surface area contributed by atoms with Gasteiger partial charge in [-0.2, -0.15) is 0 Å². The van der Waals surface area contributed by atoms with Crippen molar-refractivity contribution in [3.05, 3.63) is 23.9 Å². The van der Waals surface area contributed by atoms with Crippen LogP contribution in [0.4, 0.5) is 5.82 Å². The van der Waals surface area contributed by atoms with Gasteiger partial charge in [-0.15, -0.1) is 0 Å². The highest BCUT2D eigenvalue weighted by molar-refractivity contribution is 9.09. The maximum atomic E-state index is 4.51. The maximum absolute atomic E-state index is 4.51. The van der Waals surface area contributed by atoms with Gasteiger partial charge in [0, 0.05) is 24.1 Å². The first-order chi connectivity index (χ1) is 7.81. The van der Waals surface area contributed by atoms with E-state index in [4.69, 9.17) is 0 Å². The van der Waals surface area contributed by atoms with Gasteiger partial charge in [0.25, 0.3) is 0 Å². The molecule has 1 aromatic heterocycles. The Hall–Kier alpha value is -0.570. The Morgan fingerprint density at radius 1 is 1.50 bits per heavy atom. The average Bonchev–Trinajstić information content (AvgIpc) is 2.21. The SMILES string of the molecule is Cc1ccnc(N(CCCBr)C2CCC2)c1. The van der Waals surface area contributed by atoms with Gasteiger partial charge >= 0.3 is 0 Å². The first-order valence-electron chi connectivity index (χ1n) is 6.06. The first kappa shape index (κ1) is 11.9. The zero-order chi connectivity index (χ0) is 11.4. The topological polar surface area (TPSA) is 16.1 Å². The standard InChI is InChI=1S/C13H19BrN2/c1-11-6-8-15-13(10-11)16(9-3-7-14)12-4-2-5-12/h6,8,10,12H,2-5,7,9H2,1H3. The number of nitrogens with zero attached hydrogens (tertiary/aromatic N) is 2. The lowest BCUT2D eigenvalue weighted by Crippen LogP contribution is -2.41. The van der Waals surface area contributed by atoms with Gasteiger partial charge in [-0.05, 0) is 50.3 Å². The minimum Gasteiger partial charge on any atom is -0.354 e. The number of aryl methyl sites for hydroxylation is 1. The zero-order valence-electron chi connectivity index (χ0n) is 9.82. The highest BCUT2D eigenvalue weighted by Gasteiger charge is 2.25. The first-order valence-corrected chi connectivity index (χ1v) is 7.18. The van der Waals surface area contributed by atoms with Crippen molar-refractivity contribution in [2.75, 3.05) is 16.8 Å². The largest absolute Gasteiger partial charge is 0.354 e. The third-order valence-electron chi connectivity index (χ3n) is 3.24. The second-order valence-corrected chi connectivity index (χ2v) is 5.31. The van der Waals surface area contributed by atoms with Crippen LogP contribution in [0.1, 0.15) is 31.2 Å². The van der Waals surface area contributed by atoms with Crippen LogP contribution in [0.25, 0.3) is 0 Å². The molecule has 2 rings (SSSR count). The molecule has 1 aromatic rings. The smallest absolute Gasteiger partial charge is 0.128 e. The molecular weight excluding hydrogens is 264 g/mol. The fraction of sp³-hybridized carbons (Fsp3) is 0.615. The molecule has 3 heteroatoms. The second-order valence-electron chi connectivity index (χ2n) is 4.51. The van der Waals surface area contributed by atoms with Gasteiger partial charge in [-0.1, -0.05) is 15.9 Å². The molecule has 0 aliphatic heterocycles. The number of hydrogen-bond acceptors (Lipinski definition) is 2. The van der Waals surface area contributed by atoms with E-state index in [2.05, 4.69) is 44.9 Å². The molecule has 1 fully saturated rings. The van der Waals surface area contributed by atoms with E-state index in [-0.39, 0.29) is 0 Å². The summed E-state index contributed by atoms with van der Waals surface area (Å²) in [5.41, 5.74) is 1.30. The van der Waals surface area contributed by atoms with Gasteiger partial charge in [0.1, 0.15) is 5.82 Å². The molecule has 1 heterocycles. The van der Waals surface area contributed by atoms with Crippen molar-refractivity contribution < 1.29 is 0 Å². The summed E-state index contributed by atoms with van der Waals surface area (Å²) in [6.07, 6.45) is 7.15. The van der Waals surface area contributed by atoms with Crippen molar-refractivity contribution in [1.29, 1.82) is 0 Å². The molecule has 0 bridgehead atoms. The number of pyridine rings is 1. The van der Waals surface area contributed by atoms with Crippen molar-refractivity contribution in [1.82, 2.24) is 4.98 Å². The van der Waals surface area contributed by atoms with E-state index < -0.39 is 0 Å². The summed E-state index contributed by atoms with van der Waals surface area (Å²) in [7, 11) is 0. The highest BCUT2D eigenvalue weighted by Crippen LogP contribution is 2.28. The number of rotatable bonds is 5. The van der Waals surface area contributed by atoms with Crippen molar-refractivity contribution in [3.8, 4) is 0 Å². The maximum Gasteiger partial charge on any atom is 0.128 e. The Kier molecular flexibility index (Phi) is 4.22. The zero-order valence-corrected chi connectivity index (χ0v) is 11.4. The molecule has 1 saturated carbocycles. The third kappa shape index (κ3) is 2.76. The van der Waals surface area contributed by atoms with Crippen molar-refractivity contribution >= 4 is 21.7 Å². The molecule has 0 saturated heterocycles. The van der Waals surface area contributed by atoms with Gasteiger partial charge in [0.2, 0.25) is 0 Å². The van der Waals surface area contributed by atoms with Crippen LogP contribution in [0, 0.1) is 6.92 Å². The normalized spacial score (nSPS) is 15.9. The van der Waals surface area contributed by atoms with Crippen molar-refractivity contribution in [3.63, 3.8) is 0 Å². The van der Waals surface area contributed by atoms with Crippen molar-refractivity contribution in [2.45, 2.75) is 38.6 Å². The predicted molar refractivity (Wildman–Crippen MR) is 72.4 cm³/mol. The summed E-state index contributed by atoms with van der Waals surface area (Å²) in [5.74, 6) is 1.16. The van der Waals surface area contributed by atoms with Gasteiger partial charge in [-0.3, -0.25) is 0 Å². The summed E-state index contributed by atoms with van der Waals surface area (Å²) in [6, 6.07) is 4.99. The molecule has 2 nitrogen and oxygen atoms in total. The average molecular weight is 283 g/mol. The Labute approximate surface area is 106 Å². The number of alkyl halides is 1. The van der Waals surface area contributed by atoms with Crippen LogP contribution in [0.2, 0.25) is 0 Å². The lowest BCUT2D eigenvalue weighted by atomic mass is 9.91. The highest BCUT2D eigenvalue weighted by atomic mass is 79.9. The monoisotopic (exact) mass is 282 g/mol. The predicted octanol–water partition coefficient (Wildman–Crippen LogP) is 3.53. The van der Waals surface area contributed by atoms with E-state index in [9.17, 15) is 0 Å². The molecular formula is C13H19BrN2. The summed E-state index contributed by atoms with van der Waals surface area (Å²) >= 11 is 3.51. The van der Waals surface area contributed by atoms with Crippen LogP contribution in [0.3, 0.4) is 0 Å². The molecule has 0 unspecified atom stereocenters. The van der Waals surface area contributed by atoms with Crippen LogP contribution in [0.15, 0.2) is 18.3 Å². The molecule has 1 aliphatic rings. The quantitative estimate of drug-likeness (QED) is 0.768. The summed E-state index contributed by atoms with van der Waals surface area (Å²) < 4.78 is 0. The Bertz CT molecular complexity index is 336. The van der Waals surface area contributed by atoms with Crippen LogP contribution in [0.5, 0.6) is 0 Å². The molecule has 0 N–H and O–H groups in total. The van der Waals surface area contributed by atoms with E-state index in [1.54, 1.807) is 0 Å². The molecule has 88 valence electrons. The van der Waals surface area contributed by atoms with Crippen LogP contribution in [-0.4, -0.2) is 22.9 Å². The molecule has 0 atom stereocenters. The van der Waals surface area contributed by atoms with Crippen LogP contribution < -0.4 is 4.90 Å². The molecule has 0 amide bonds. The molecule has 16 heavy (non-hydrogen) atoms. The minimum atomic E-state index is 0.730. The second kappa shape index (κ2) is 5.67. The van der Waals surface area contributed by atoms with E-state index in [1.807, 2.05) is 6.20 Å². The van der Waals surface area contributed by atoms with Gasteiger partial charge in [-0.25, -0.2) is 4.98 Å². The fourth-order valence-electron chi connectivity index (χ4n) is 2.09. The lowest BCUT2D eigenvalue weighted by molar-refractivity contribution is 0.384. The number of halogens is 1. The minimum absolute atomic E-state index is 0.730. The summed E-state index contributed by atoms with van der Waals surface area (Å²) in [6.45, 7) is 3.25. The Morgan fingerprint density at radius 2 is 2.31 bits per heavy atom. The van der Waals surface area contributed by atoms with Gasteiger partial charge in [0.05, 0.1) is 0 Å². The van der Waals surface area contributed by atoms with E-state index >= 15 is 0 Å². The third-order valence-corrected chi connectivity index (χ3v) is 3.80. The van der Waals surface area contributed by atoms with Crippen LogP contribution in [-0.2, 0) is 0 Å². The summed E-state index contributed by atoms with van der Waals surface area (Å²) in [4.78, 5) is 6.99. The number of anilines is 1. The number of aromatic nitrogens is 1.